The Bertz CT molecular complexity index is 2470. The largest absolute Gasteiger partial charge is 0.309 e. The summed E-state index contributed by atoms with van der Waals surface area (Å²) >= 11 is 7.73. The maximum absolute atomic E-state index is 7.73. The predicted octanol–water partition coefficient (Wildman–Crippen LogP) is 11.8. The minimum absolute atomic E-state index is 0.702. The number of aryl methyl sites for hydroxylation is 1. The second-order valence-electron chi connectivity index (χ2n) is 13.7. The Labute approximate surface area is 299 Å². The van der Waals surface area contributed by atoms with Crippen LogP contribution in [0.5, 0.6) is 0 Å². The molecular weight excluding hydrogens is 646 g/mol. The molecule has 0 aliphatic carbocycles. The Morgan fingerprint density at radius 1 is 0.520 bits per heavy atom. The number of hydrogen-bond acceptors (Lipinski definition) is 2. The molecule has 0 amide bonds. The molecule has 242 valence electrons. The molecule has 50 heavy (non-hydrogen) atoms. The van der Waals surface area contributed by atoms with Gasteiger partial charge in [-0.1, -0.05) is 122 Å². The lowest BCUT2D eigenvalue weighted by atomic mass is 10.1. The standard InChI is InChI=1S/C45H36ClN3Si/c1-31-28-41(45(46)42(29-31)49-39-24-11-13-26-43(39)50(2,3)44-27-14-12-25-40(44)49)47(32-16-5-4-6-17-32)33-18-15-19-34(30-33)48-37-22-9-7-20-35(37)36-21-8-10-23-38(36)48/h4-30H,1-3H3. The van der Waals surface area contributed by atoms with Crippen molar-refractivity contribution < 1.29 is 0 Å². The molecule has 3 nitrogen and oxygen atoms in total. The van der Waals surface area contributed by atoms with Crippen LogP contribution < -0.4 is 20.2 Å². The summed E-state index contributed by atoms with van der Waals surface area (Å²) in [6, 6.07) is 58.9. The van der Waals surface area contributed by atoms with Gasteiger partial charge in [0.15, 0.2) is 0 Å². The van der Waals surface area contributed by atoms with Crippen molar-refractivity contribution in [1.29, 1.82) is 0 Å². The molecule has 1 aliphatic rings. The van der Waals surface area contributed by atoms with E-state index in [-0.39, 0.29) is 0 Å². The van der Waals surface area contributed by atoms with E-state index < -0.39 is 8.07 Å². The fourth-order valence-electron chi connectivity index (χ4n) is 7.96. The maximum Gasteiger partial charge on any atom is 0.117 e. The Hall–Kier alpha value is -5.55. The van der Waals surface area contributed by atoms with Crippen LogP contribution in [0.15, 0.2) is 164 Å². The Balaban J connectivity index is 1.27. The van der Waals surface area contributed by atoms with Crippen molar-refractivity contribution in [2.75, 3.05) is 9.80 Å². The van der Waals surface area contributed by atoms with E-state index in [9.17, 15) is 0 Å². The van der Waals surface area contributed by atoms with Gasteiger partial charge in [-0.05, 0) is 89.6 Å². The molecular formula is C45H36ClN3Si. The molecule has 2 heterocycles. The summed E-state index contributed by atoms with van der Waals surface area (Å²) < 4.78 is 2.37. The lowest BCUT2D eigenvalue weighted by Crippen LogP contribution is -2.58. The molecule has 9 rings (SSSR count). The van der Waals surface area contributed by atoms with E-state index in [1.165, 1.54) is 43.6 Å². The minimum atomic E-state index is -1.95. The Morgan fingerprint density at radius 3 is 1.70 bits per heavy atom. The highest BCUT2D eigenvalue weighted by atomic mass is 35.5. The van der Waals surface area contributed by atoms with Gasteiger partial charge in [-0.15, -0.1) is 0 Å². The summed E-state index contributed by atoms with van der Waals surface area (Å²) in [6.45, 7) is 7.07. The zero-order valence-corrected chi connectivity index (χ0v) is 30.1. The molecule has 1 aliphatic heterocycles. The lowest BCUT2D eigenvalue weighted by molar-refractivity contribution is 1.17. The van der Waals surface area contributed by atoms with Crippen LogP contribution in [0.25, 0.3) is 27.5 Å². The molecule has 8 aromatic rings. The van der Waals surface area contributed by atoms with Gasteiger partial charge in [0.1, 0.15) is 8.07 Å². The first-order chi connectivity index (χ1) is 24.4. The number of benzene rings is 7. The molecule has 0 atom stereocenters. The van der Waals surface area contributed by atoms with Crippen LogP contribution in [0.3, 0.4) is 0 Å². The first-order valence-electron chi connectivity index (χ1n) is 17.1. The number of hydrogen-bond donors (Lipinski definition) is 0. The molecule has 0 unspecified atom stereocenters. The molecule has 0 N–H and O–H groups in total. The lowest BCUT2D eigenvalue weighted by Gasteiger charge is -2.41. The zero-order valence-electron chi connectivity index (χ0n) is 28.3. The van der Waals surface area contributed by atoms with Crippen LogP contribution in [0.4, 0.5) is 34.1 Å². The van der Waals surface area contributed by atoms with Gasteiger partial charge in [0.2, 0.25) is 0 Å². The third kappa shape index (κ3) is 4.71. The van der Waals surface area contributed by atoms with Crippen molar-refractivity contribution in [2.24, 2.45) is 0 Å². The zero-order chi connectivity index (χ0) is 34.0. The highest BCUT2D eigenvalue weighted by molar-refractivity contribution is 7.02. The number of para-hydroxylation sites is 5. The van der Waals surface area contributed by atoms with Gasteiger partial charge in [0.05, 0.1) is 27.4 Å². The third-order valence-corrected chi connectivity index (χ3v) is 14.2. The smallest absolute Gasteiger partial charge is 0.117 e. The number of anilines is 6. The maximum atomic E-state index is 7.73. The Morgan fingerprint density at radius 2 is 1.06 bits per heavy atom. The molecule has 7 aromatic carbocycles. The van der Waals surface area contributed by atoms with E-state index in [2.05, 4.69) is 198 Å². The fraction of sp³-hybridized carbons (Fsp3) is 0.0667. The number of fused-ring (bicyclic) bond motifs is 5. The first kappa shape index (κ1) is 30.5. The number of nitrogens with zero attached hydrogens (tertiary/aromatic N) is 3. The van der Waals surface area contributed by atoms with Crippen molar-refractivity contribution >= 4 is 86.0 Å². The van der Waals surface area contributed by atoms with Crippen molar-refractivity contribution in [3.63, 3.8) is 0 Å². The Kier molecular flexibility index (Phi) is 7.20. The van der Waals surface area contributed by atoms with Crippen molar-refractivity contribution in [1.82, 2.24) is 4.57 Å². The van der Waals surface area contributed by atoms with E-state index >= 15 is 0 Å². The van der Waals surface area contributed by atoms with Crippen molar-refractivity contribution in [2.45, 2.75) is 20.0 Å². The minimum Gasteiger partial charge on any atom is -0.309 e. The van der Waals surface area contributed by atoms with E-state index in [0.29, 0.717) is 5.02 Å². The molecule has 0 spiro atoms. The summed E-state index contributed by atoms with van der Waals surface area (Å²) in [5.41, 5.74) is 11.0. The predicted molar refractivity (Wildman–Crippen MR) is 217 cm³/mol. The summed E-state index contributed by atoms with van der Waals surface area (Å²) in [5.74, 6) is 0. The molecule has 5 heteroatoms. The molecule has 0 fully saturated rings. The van der Waals surface area contributed by atoms with Crippen LogP contribution in [-0.4, -0.2) is 12.6 Å². The van der Waals surface area contributed by atoms with Gasteiger partial charge in [-0.3, -0.25) is 0 Å². The van der Waals surface area contributed by atoms with E-state index in [0.717, 1.165) is 34.0 Å². The topological polar surface area (TPSA) is 11.4 Å². The van der Waals surface area contributed by atoms with Crippen molar-refractivity contribution in [3.05, 3.63) is 174 Å². The SMILES string of the molecule is Cc1cc(N(c2ccccc2)c2cccc(-n3c4ccccc4c4ccccc43)c2)c(Cl)c(N2c3ccccc3[Si](C)(C)c3ccccc32)c1. The average molecular weight is 682 g/mol. The van der Waals surface area contributed by atoms with Gasteiger partial charge >= 0.3 is 0 Å². The normalized spacial score (nSPS) is 13.3. The van der Waals surface area contributed by atoms with Gasteiger partial charge in [0, 0.05) is 39.2 Å². The molecule has 0 bridgehead atoms. The molecule has 0 saturated heterocycles. The first-order valence-corrected chi connectivity index (χ1v) is 20.5. The quantitative estimate of drug-likeness (QED) is 0.168. The third-order valence-electron chi connectivity index (χ3n) is 10.2. The van der Waals surface area contributed by atoms with Crippen LogP contribution in [0.2, 0.25) is 18.1 Å². The van der Waals surface area contributed by atoms with E-state index in [4.69, 9.17) is 11.6 Å². The fourth-order valence-corrected chi connectivity index (χ4v) is 11.2. The second kappa shape index (κ2) is 11.8. The summed E-state index contributed by atoms with van der Waals surface area (Å²) in [4.78, 5) is 4.69. The van der Waals surface area contributed by atoms with Crippen LogP contribution in [0, 0.1) is 6.92 Å². The second-order valence-corrected chi connectivity index (χ2v) is 18.4. The number of halogens is 1. The van der Waals surface area contributed by atoms with E-state index in [1.807, 2.05) is 0 Å². The van der Waals surface area contributed by atoms with Gasteiger partial charge in [-0.2, -0.15) is 0 Å². The summed E-state index contributed by atoms with van der Waals surface area (Å²) in [6.07, 6.45) is 0. The molecule has 0 radical (unpaired) electrons. The molecule has 0 saturated carbocycles. The van der Waals surface area contributed by atoms with E-state index in [1.54, 1.807) is 0 Å². The average Bonchev–Trinajstić information content (AvgIpc) is 3.49. The summed E-state index contributed by atoms with van der Waals surface area (Å²) in [5, 5.41) is 6.02. The van der Waals surface area contributed by atoms with Gasteiger partial charge in [-0.25, -0.2) is 0 Å². The molecule has 1 aromatic heterocycles. The highest BCUT2D eigenvalue weighted by Crippen LogP contribution is 2.48. The number of rotatable bonds is 5. The number of aromatic nitrogens is 1. The van der Waals surface area contributed by atoms with Crippen LogP contribution in [-0.2, 0) is 0 Å². The van der Waals surface area contributed by atoms with Crippen LogP contribution >= 0.6 is 11.6 Å². The summed E-state index contributed by atoms with van der Waals surface area (Å²) in [7, 11) is -1.95. The van der Waals surface area contributed by atoms with Crippen LogP contribution in [0.1, 0.15) is 5.56 Å². The monoisotopic (exact) mass is 681 g/mol. The van der Waals surface area contributed by atoms with Gasteiger partial charge in [0.25, 0.3) is 0 Å². The van der Waals surface area contributed by atoms with Crippen molar-refractivity contribution in [3.8, 4) is 5.69 Å². The van der Waals surface area contributed by atoms with Gasteiger partial charge < -0.3 is 14.4 Å². The highest BCUT2D eigenvalue weighted by Gasteiger charge is 2.39.